The summed E-state index contributed by atoms with van der Waals surface area (Å²) in [6.07, 6.45) is 2.69. The Hall–Kier alpha value is -4.93. The molecule has 0 spiro atoms. The smallest absolute Gasteiger partial charge is 0.431 e. The van der Waals surface area contributed by atoms with Crippen molar-refractivity contribution in [2.75, 3.05) is 11.1 Å². The zero-order valence-corrected chi connectivity index (χ0v) is 22.7. The Labute approximate surface area is 237 Å². The fourth-order valence-electron chi connectivity index (χ4n) is 4.87. The largest absolute Gasteiger partial charge is 0.511 e. The molecular formula is C30H32N6O5. The molecule has 0 saturated heterocycles. The van der Waals surface area contributed by atoms with Crippen LogP contribution in [-0.4, -0.2) is 45.1 Å². The van der Waals surface area contributed by atoms with Gasteiger partial charge in [0.15, 0.2) is 5.82 Å². The number of nitrogen functional groups attached to an aromatic ring is 1. The number of ether oxygens (including phenoxy) is 3. The molecule has 4 aromatic rings. The normalized spacial score (nSPS) is 14.2. The second kappa shape index (κ2) is 12.9. The van der Waals surface area contributed by atoms with Crippen LogP contribution in [0.25, 0.3) is 22.5 Å². The molecule has 11 nitrogen and oxygen atoms in total. The zero-order valence-electron chi connectivity index (χ0n) is 22.7. The highest BCUT2D eigenvalue weighted by molar-refractivity contribution is 5.99. The molecule has 1 heterocycles. The van der Waals surface area contributed by atoms with E-state index in [1.807, 2.05) is 48.5 Å². The molecule has 1 aliphatic carbocycles. The van der Waals surface area contributed by atoms with E-state index >= 15 is 0 Å². The van der Waals surface area contributed by atoms with Crippen LogP contribution >= 0.6 is 0 Å². The quantitative estimate of drug-likeness (QED) is 0.132. The number of carbonyl (C=O) groups is 2. The van der Waals surface area contributed by atoms with Gasteiger partial charge in [0.2, 0.25) is 6.29 Å². The number of aromatic nitrogens is 4. The average Bonchev–Trinajstić information content (AvgIpc) is 3.52. The number of hydrogen-bond donors (Lipinski definition) is 3. The van der Waals surface area contributed by atoms with Gasteiger partial charge in [-0.2, -0.15) is 0 Å². The third kappa shape index (κ3) is 6.99. The van der Waals surface area contributed by atoms with Crippen molar-refractivity contribution in [3.8, 4) is 22.5 Å². The van der Waals surface area contributed by atoms with Crippen LogP contribution in [0.4, 0.5) is 16.2 Å². The van der Waals surface area contributed by atoms with Crippen molar-refractivity contribution in [3.05, 3.63) is 77.9 Å². The lowest BCUT2D eigenvalue weighted by Crippen LogP contribution is -2.27. The van der Waals surface area contributed by atoms with E-state index in [-0.39, 0.29) is 11.7 Å². The summed E-state index contributed by atoms with van der Waals surface area (Å²) in [5, 5.41) is 17.4. The summed E-state index contributed by atoms with van der Waals surface area (Å²) in [6, 6.07) is 20.8. The topological polar surface area (TPSA) is 154 Å². The molecule has 3 aromatic carbocycles. The van der Waals surface area contributed by atoms with Crippen LogP contribution in [0.1, 0.15) is 54.9 Å². The Morgan fingerprint density at radius 2 is 1.73 bits per heavy atom. The summed E-state index contributed by atoms with van der Waals surface area (Å²) in [4.78, 5) is 25.1. The molecule has 41 heavy (non-hydrogen) atoms. The van der Waals surface area contributed by atoms with E-state index in [4.69, 9.17) is 19.9 Å². The number of nitrogens with zero attached hydrogens (tertiary/aromatic N) is 3. The third-order valence-corrected chi connectivity index (χ3v) is 6.93. The highest BCUT2D eigenvalue weighted by Gasteiger charge is 2.23. The predicted octanol–water partition coefficient (Wildman–Crippen LogP) is 5.72. The highest BCUT2D eigenvalue weighted by atomic mass is 16.8. The summed E-state index contributed by atoms with van der Waals surface area (Å²) >= 11 is 0. The van der Waals surface area contributed by atoms with Crippen LogP contribution in [0.3, 0.4) is 0 Å². The summed E-state index contributed by atoms with van der Waals surface area (Å²) in [6.45, 7) is 1.88. The number of aromatic amines is 1. The predicted molar refractivity (Wildman–Crippen MR) is 153 cm³/mol. The minimum atomic E-state index is -1.13. The number of nitrogens with two attached hydrogens (primary N) is 1. The Bertz CT molecular complexity index is 1470. The van der Waals surface area contributed by atoms with Gasteiger partial charge < -0.3 is 25.3 Å². The molecule has 0 aliphatic heterocycles. The fourth-order valence-corrected chi connectivity index (χ4v) is 4.87. The Morgan fingerprint density at radius 1 is 0.976 bits per heavy atom. The number of carbonyl (C=O) groups excluding carboxylic acids is 2. The van der Waals surface area contributed by atoms with Gasteiger partial charge in [-0.1, -0.05) is 61.0 Å². The van der Waals surface area contributed by atoms with E-state index in [9.17, 15) is 9.59 Å². The van der Waals surface area contributed by atoms with Gasteiger partial charge in [-0.05, 0) is 64.9 Å². The number of esters is 1. The van der Waals surface area contributed by atoms with E-state index in [1.54, 1.807) is 18.2 Å². The summed E-state index contributed by atoms with van der Waals surface area (Å²) in [5.41, 5.74) is 11.1. The highest BCUT2D eigenvalue weighted by Crippen LogP contribution is 2.30. The van der Waals surface area contributed by atoms with Crippen molar-refractivity contribution in [3.63, 3.8) is 0 Å². The van der Waals surface area contributed by atoms with E-state index in [0.29, 0.717) is 23.7 Å². The molecule has 1 saturated carbocycles. The van der Waals surface area contributed by atoms with Crippen molar-refractivity contribution in [2.24, 2.45) is 0 Å². The van der Waals surface area contributed by atoms with Crippen molar-refractivity contribution in [1.29, 1.82) is 0 Å². The number of tetrazole rings is 1. The molecule has 0 bridgehead atoms. The van der Waals surface area contributed by atoms with Crippen LogP contribution in [-0.2, 0) is 20.8 Å². The SMILES string of the molecule is CC(OC(=O)OC1CCCCC1)OC(=O)c1cccc(N)c1NCc1ccc(-c2ccccc2-c2nnn[nH]2)cc1. The van der Waals surface area contributed by atoms with E-state index in [2.05, 4.69) is 25.9 Å². The standard InChI is InChI=1S/C30H32N6O5/c1-19(40-30(38)41-22-8-3-2-4-9-22)39-29(37)25-12-7-13-26(31)27(25)32-18-20-14-16-21(17-15-20)23-10-5-6-11-24(23)28-33-35-36-34-28/h5-7,10-17,19,22,32H,2-4,8-9,18,31H2,1H3,(H,33,34,35,36). The Balaban J connectivity index is 1.21. The molecule has 0 amide bonds. The maximum absolute atomic E-state index is 13.0. The van der Waals surface area contributed by atoms with Crippen LogP contribution in [0, 0.1) is 0 Å². The van der Waals surface area contributed by atoms with Crippen molar-refractivity contribution < 1.29 is 23.8 Å². The molecule has 4 N–H and O–H groups in total. The maximum Gasteiger partial charge on any atom is 0.511 e. The zero-order chi connectivity index (χ0) is 28.6. The third-order valence-electron chi connectivity index (χ3n) is 6.93. The summed E-state index contributed by atoms with van der Waals surface area (Å²) in [7, 11) is 0. The first kappa shape index (κ1) is 27.6. The number of benzene rings is 3. The Morgan fingerprint density at radius 3 is 2.46 bits per heavy atom. The summed E-state index contributed by atoms with van der Waals surface area (Å²) in [5.74, 6) is -0.0854. The van der Waals surface area contributed by atoms with Gasteiger partial charge in [0.25, 0.3) is 0 Å². The van der Waals surface area contributed by atoms with Gasteiger partial charge >= 0.3 is 12.1 Å². The Kier molecular flexibility index (Phi) is 8.73. The van der Waals surface area contributed by atoms with E-state index in [0.717, 1.165) is 54.4 Å². The number of nitrogens with one attached hydrogen (secondary N) is 2. The number of hydrogen-bond acceptors (Lipinski definition) is 10. The molecule has 0 radical (unpaired) electrons. The molecule has 1 atom stereocenters. The molecule has 212 valence electrons. The van der Waals surface area contributed by atoms with Crippen molar-refractivity contribution in [1.82, 2.24) is 20.6 Å². The number of para-hydroxylation sites is 1. The molecule has 1 unspecified atom stereocenters. The van der Waals surface area contributed by atoms with Crippen LogP contribution in [0.15, 0.2) is 66.7 Å². The van der Waals surface area contributed by atoms with E-state index in [1.165, 1.54) is 6.92 Å². The van der Waals surface area contributed by atoms with Gasteiger partial charge in [0, 0.05) is 19.0 Å². The number of rotatable bonds is 9. The first-order valence-electron chi connectivity index (χ1n) is 13.6. The molecule has 1 aliphatic rings. The van der Waals surface area contributed by atoms with Gasteiger partial charge in [0.1, 0.15) is 6.10 Å². The maximum atomic E-state index is 13.0. The first-order chi connectivity index (χ1) is 20.0. The fraction of sp³-hybridized carbons (Fsp3) is 0.300. The lowest BCUT2D eigenvalue weighted by atomic mass is 9.98. The molecule has 5 rings (SSSR count). The molecule has 1 fully saturated rings. The molecule has 1 aromatic heterocycles. The second-order valence-corrected chi connectivity index (χ2v) is 9.83. The first-order valence-corrected chi connectivity index (χ1v) is 13.6. The lowest BCUT2D eigenvalue weighted by molar-refractivity contribution is -0.0914. The summed E-state index contributed by atoms with van der Waals surface area (Å²) < 4.78 is 15.9. The van der Waals surface area contributed by atoms with Crippen LogP contribution in [0.2, 0.25) is 0 Å². The van der Waals surface area contributed by atoms with Gasteiger partial charge in [0.05, 0.1) is 16.9 Å². The number of anilines is 2. The van der Waals surface area contributed by atoms with E-state index < -0.39 is 18.4 Å². The van der Waals surface area contributed by atoms with Crippen molar-refractivity contribution >= 4 is 23.5 Å². The number of H-pyrrole nitrogens is 1. The molecule has 11 heteroatoms. The molecular weight excluding hydrogens is 524 g/mol. The van der Waals surface area contributed by atoms with Crippen LogP contribution < -0.4 is 11.1 Å². The minimum absolute atomic E-state index is 0.154. The average molecular weight is 557 g/mol. The minimum Gasteiger partial charge on any atom is -0.431 e. The lowest BCUT2D eigenvalue weighted by Gasteiger charge is -2.22. The second-order valence-electron chi connectivity index (χ2n) is 9.83. The monoisotopic (exact) mass is 556 g/mol. The van der Waals surface area contributed by atoms with Crippen LogP contribution in [0.5, 0.6) is 0 Å². The van der Waals surface area contributed by atoms with Crippen molar-refractivity contribution in [2.45, 2.75) is 58.0 Å². The van der Waals surface area contributed by atoms with Gasteiger partial charge in [-0.15, -0.1) is 5.10 Å². The van der Waals surface area contributed by atoms with Gasteiger partial charge in [-0.3, -0.25) is 0 Å². The van der Waals surface area contributed by atoms with Gasteiger partial charge in [-0.25, -0.2) is 14.7 Å².